The minimum Gasteiger partial charge on any atom is -0.319 e. The molecule has 21 heavy (non-hydrogen) atoms. The summed E-state index contributed by atoms with van der Waals surface area (Å²) < 4.78 is 2.07. The van der Waals surface area contributed by atoms with Crippen LogP contribution in [0.5, 0.6) is 0 Å². The van der Waals surface area contributed by atoms with E-state index in [9.17, 15) is 4.79 Å². The van der Waals surface area contributed by atoms with Crippen LogP contribution in [0.25, 0.3) is 0 Å². The first kappa shape index (κ1) is 14.4. The fourth-order valence-corrected chi connectivity index (χ4v) is 3.71. The Kier molecular flexibility index (Phi) is 3.66. The van der Waals surface area contributed by atoms with Gasteiger partial charge in [-0.25, -0.2) is 4.98 Å². The van der Waals surface area contributed by atoms with Gasteiger partial charge in [0, 0.05) is 0 Å². The first-order valence-electron chi connectivity index (χ1n) is 7.22. The summed E-state index contributed by atoms with van der Waals surface area (Å²) >= 11 is 1.24. The molecule has 4 heteroatoms. The second-order valence-corrected chi connectivity index (χ2v) is 7.05. The zero-order valence-electron chi connectivity index (χ0n) is 12.7. The molecule has 3 nitrogen and oxygen atoms in total. The number of fused-ring (bicyclic) bond motifs is 1. The van der Waals surface area contributed by atoms with E-state index in [2.05, 4.69) is 47.7 Å². The van der Waals surface area contributed by atoms with E-state index in [4.69, 9.17) is 0 Å². The normalized spacial score (nSPS) is 20.0. The van der Waals surface area contributed by atoms with Gasteiger partial charge in [-0.1, -0.05) is 49.9 Å². The van der Waals surface area contributed by atoms with Gasteiger partial charge in [-0.3, -0.25) is 4.79 Å². The fourth-order valence-electron chi connectivity index (χ4n) is 3.34. The summed E-state index contributed by atoms with van der Waals surface area (Å²) in [5.74, 6) is 0. The molecule has 2 aromatic rings. The molecule has 1 atom stereocenters. The summed E-state index contributed by atoms with van der Waals surface area (Å²) in [5.41, 5.74) is 3.50. The Balaban J connectivity index is 2.16. The molecule has 1 aromatic heterocycles. The van der Waals surface area contributed by atoms with Crippen molar-refractivity contribution in [2.75, 3.05) is 6.26 Å². The number of aryl methyl sites for hydroxylation is 1. The predicted molar refractivity (Wildman–Crippen MR) is 86.8 cm³/mol. The lowest BCUT2D eigenvalue weighted by Crippen LogP contribution is -2.34. The van der Waals surface area contributed by atoms with Crippen molar-refractivity contribution in [1.29, 1.82) is 0 Å². The highest BCUT2D eigenvalue weighted by molar-refractivity contribution is 8.13. The van der Waals surface area contributed by atoms with Crippen LogP contribution in [0.4, 0.5) is 0 Å². The van der Waals surface area contributed by atoms with Crippen LogP contribution < -0.4 is 0 Å². The van der Waals surface area contributed by atoms with Crippen LogP contribution in [0.3, 0.4) is 0 Å². The maximum Gasteiger partial charge on any atom is 0.237 e. The number of carbonyl (C=O) groups is 1. The fraction of sp³-hybridized carbons (Fsp3) is 0.412. The van der Waals surface area contributed by atoms with Gasteiger partial charge >= 0.3 is 0 Å². The van der Waals surface area contributed by atoms with Crippen molar-refractivity contribution in [2.24, 2.45) is 5.41 Å². The molecule has 1 aromatic carbocycles. The first-order valence-corrected chi connectivity index (χ1v) is 8.45. The molecule has 0 aliphatic heterocycles. The SMILES string of the molecule is CSC(=O)c1cncn1C1c2ccccc2CCC1(C)C. The number of thioether (sulfide) groups is 1. The molecule has 0 saturated carbocycles. The third kappa shape index (κ3) is 2.42. The van der Waals surface area contributed by atoms with Crippen molar-refractivity contribution in [3.8, 4) is 0 Å². The second-order valence-electron chi connectivity index (χ2n) is 6.27. The third-order valence-electron chi connectivity index (χ3n) is 4.47. The summed E-state index contributed by atoms with van der Waals surface area (Å²) in [7, 11) is 0. The quantitative estimate of drug-likeness (QED) is 0.842. The van der Waals surface area contributed by atoms with Gasteiger partial charge in [0.1, 0.15) is 5.69 Å². The lowest BCUT2D eigenvalue weighted by molar-refractivity contribution is 0.107. The molecule has 0 N–H and O–H groups in total. The Hall–Kier alpha value is -1.55. The predicted octanol–water partition coefficient (Wildman–Crippen LogP) is 3.95. The van der Waals surface area contributed by atoms with Gasteiger partial charge in [-0.2, -0.15) is 0 Å². The lowest BCUT2D eigenvalue weighted by atomic mass is 9.70. The summed E-state index contributed by atoms with van der Waals surface area (Å²) in [4.78, 5) is 16.4. The zero-order chi connectivity index (χ0) is 15.0. The van der Waals surface area contributed by atoms with E-state index in [1.165, 1.54) is 22.9 Å². The van der Waals surface area contributed by atoms with Crippen molar-refractivity contribution >= 4 is 16.9 Å². The monoisotopic (exact) mass is 300 g/mol. The van der Waals surface area contributed by atoms with E-state index in [1.807, 2.05) is 6.26 Å². The summed E-state index contributed by atoms with van der Waals surface area (Å²) in [6.07, 6.45) is 7.52. The summed E-state index contributed by atoms with van der Waals surface area (Å²) in [6.45, 7) is 4.56. The van der Waals surface area contributed by atoms with Crippen LogP contribution >= 0.6 is 11.8 Å². The van der Waals surface area contributed by atoms with Crippen LogP contribution in [0.2, 0.25) is 0 Å². The van der Waals surface area contributed by atoms with E-state index in [0.29, 0.717) is 5.69 Å². The molecule has 0 bridgehead atoms. The Morgan fingerprint density at radius 1 is 1.38 bits per heavy atom. The third-order valence-corrected chi connectivity index (χ3v) is 5.05. The van der Waals surface area contributed by atoms with E-state index in [-0.39, 0.29) is 16.6 Å². The Morgan fingerprint density at radius 2 is 2.14 bits per heavy atom. The van der Waals surface area contributed by atoms with Crippen molar-refractivity contribution < 1.29 is 4.79 Å². The molecule has 3 rings (SSSR count). The lowest BCUT2D eigenvalue weighted by Gasteiger charge is -2.41. The van der Waals surface area contributed by atoms with Crippen molar-refractivity contribution in [3.63, 3.8) is 0 Å². The van der Waals surface area contributed by atoms with Crippen LogP contribution in [-0.2, 0) is 6.42 Å². The smallest absolute Gasteiger partial charge is 0.237 e. The second kappa shape index (κ2) is 5.34. The van der Waals surface area contributed by atoms with E-state index < -0.39 is 0 Å². The largest absolute Gasteiger partial charge is 0.319 e. The number of benzene rings is 1. The van der Waals surface area contributed by atoms with Gasteiger partial charge in [0.25, 0.3) is 0 Å². The molecule has 1 aliphatic carbocycles. The standard InChI is InChI=1S/C17H20N2OS/c1-17(2)9-8-12-6-4-5-7-13(12)15(17)19-11-18-10-14(19)16(20)21-3/h4-7,10-11,15H,8-9H2,1-3H3. The molecular formula is C17H20N2OS. The molecule has 1 aliphatic rings. The van der Waals surface area contributed by atoms with Crippen LogP contribution in [-0.4, -0.2) is 20.9 Å². The van der Waals surface area contributed by atoms with E-state index in [0.717, 1.165) is 12.8 Å². The number of imidazole rings is 1. The Labute approximate surface area is 129 Å². The number of hydrogen-bond acceptors (Lipinski definition) is 3. The number of rotatable bonds is 2. The summed E-state index contributed by atoms with van der Waals surface area (Å²) in [6, 6.07) is 8.73. The molecule has 0 saturated heterocycles. The number of nitrogens with zero attached hydrogens (tertiary/aromatic N) is 2. The Bertz CT molecular complexity index is 675. The Morgan fingerprint density at radius 3 is 2.90 bits per heavy atom. The van der Waals surface area contributed by atoms with Gasteiger partial charge in [0.15, 0.2) is 0 Å². The molecule has 0 amide bonds. The van der Waals surface area contributed by atoms with Gasteiger partial charge in [-0.05, 0) is 35.6 Å². The first-order chi connectivity index (χ1) is 10.0. The molecule has 110 valence electrons. The average Bonchev–Trinajstić information content (AvgIpc) is 2.94. The molecule has 1 heterocycles. The van der Waals surface area contributed by atoms with Crippen molar-refractivity contribution in [3.05, 3.63) is 53.6 Å². The van der Waals surface area contributed by atoms with Gasteiger partial charge in [0.2, 0.25) is 5.12 Å². The van der Waals surface area contributed by atoms with Crippen LogP contribution in [0, 0.1) is 5.41 Å². The minimum absolute atomic E-state index is 0.0753. The molecule has 0 fully saturated rings. The topological polar surface area (TPSA) is 34.9 Å². The highest BCUT2D eigenvalue weighted by Crippen LogP contribution is 2.46. The minimum atomic E-state index is 0.0753. The summed E-state index contributed by atoms with van der Waals surface area (Å²) in [5, 5.41) is 0.0753. The van der Waals surface area contributed by atoms with Crippen molar-refractivity contribution in [2.45, 2.75) is 32.7 Å². The zero-order valence-corrected chi connectivity index (χ0v) is 13.5. The average molecular weight is 300 g/mol. The van der Waals surface area contributed by atoms with E-state index >= 15 is 0 Å². The number of carbonyl (C=O) groups excluding carboxylic acids is 1. The molecule has 0 radical (unpaired) electrons. The van der Waals surface area contributed by atoms with Gasteiger partial charge in [-0.15, -0.1) is 0 Å². The highest BCUT2D eigenvalue weighted by Gasteiger charge is 2.38. The maximum atomic E-state index is 12.2. The molecule has 1 unspecified atom stereocenters. The van der Waals surface area contributed by atoms with Crippen molar-refractivity contribution in [1.82, 2.24) is 9.55 Å². The highest BCUT2D eigenvalue weighted by atomic mass is 32.2. The van der Waals surface area contributed by atoms with E-state index in [1.54, 1.807) is 12.5 Å². The van der Waals surface area contributed by atoms with Gasteiger partial charge in [0.05, 0.1) is 18.6 Å². The van der Waals surface area contributed by atoms with Crippen LogP contribution in [0.15, 0.2) is 36.8 Å². The van der Waals surface area contributed by atoms with Crippen LogP contribution in [0.1, 0.15) is 47.9 Å². The van der Waals surface area contributed by atoms with Gasteiger partial charge < -0.3 is 4.57 Å². The molecular weight excluding hydrogens is 280 g/mol. The molecule has 0 spiro atoms. The maximum absolute atomic E-state index is 12.2. The number of hydrogen-bond donors (Lipinski definition) is 0. The number of aromatic nitrogens is 2.